The van der Waals surface area contributed by atoms with E-state index in [1.54, 1.807) is 0 Å². The van der Waals surface area contributed by atoms with Crippen molar-refractivity contribution in [3.05, 3.63) is 34.3 Å². The van der Waals surface area contributed by atoms with Crippen LogP contribution in [0.4, 0.5) is 0 Å². The maximum atomic E-state index is 3.70. The number of rotatable bonds is 2. The minimum Gasteiger partial charge on any atom is -0.0891 e. The third-order valence-corrected chi connectivity index (χ3v) is 4.22. The van der Waals surface area contributed by atoms with Gasteiger partial charge in [0.05, 0.1) is 0 Å². The lowest BCUT2D eigenvalue weighted by atomic mass is 9.98. The van der Waals surface area contributed by atoms with Gasteiger partial charge < -0.3 is 0 Å². The number of halogens is 2. The van der Waals surface area contributed by atoms with E-state index in [0.717, 1.165) is 10.7 Å². The van der Waals surface area contributed by atoms with E-state index < -0.39 is 0 Å². The van der Waals surface area contributed by atoms with Gasteiger partial charge >= 0.3 is 0 Å². The molecule has 0 bridgehead atoms. The highest BCUT2D eigenvalue weighted by Gasteiger charge is 2.22. The van der Waals surface area contributed by atoms with Crippen molar-refractivity contribution in [2.45, 2.75) is 30.5 Å². The van der Waals surface area contributed by atoms with Gasteiger partial charge in [-0.25, -0.2) is 0 Å². The first kappa shape index (κ1) is 10.7. The largest absolute Gasteiger partial charge is 0.0891 e. The van der Waals surface area contributed by atoms with Gasteiger partial charge in [-0.2, -0.15) is 0 Å². The second-order valence-electron chi connectivity index (χ2n) is 4.11. The Morgan fingerprint density at radius 2 is 2.14 bits per heavy atom. The molecule has 0 N–H and O–H groups in total. The zero-order valence-corrected chi connectivity index (χ0v) is 11.2. The number of hydrogen-bond acceptors (Lipinski definition) is 0. The summed E-state index contributed by atoms with van der Waals surface area (Å²) < 4.78 is 1.20. The van der Waals surface area contributed by atoms with E-state index in [-0.39, 0.29) is 0 Å². The quantitative estimate of drug-likeness (QED) is 0.702. The summed E-state index contributed by atoms with van der Waals surface area (Å²) in [6, 6.07) is 8.68. The molecule has 1 fully saturated rings. The van der Waals surface area contributed by atoms with Crippen LogP contribution in [0.1, 0.15) is 24.8 Å². The molecule has 2 heteroatoms. The molecule has 2 rings (SSSR count). The third kappa shape index (κ3) is 2.83. The van der Waals surface area contributed by atoms with Crippen molar-refractivity contribution < 1.29 is 0 Å². The van der Waals surface area contributed by atoms with E-state index in [1.165, 1.54) is 35.7 Å². The molecule has 2 unspecified atom stereocenters. The minimum absolute atomic E-state index is 0.764. The third-order valence-electron chi connectivity index (χ3n) is 2.89. The summed E-state index contributed by atoms with van der Waals surface area (Å²) in [6.07, 6.45) is 5.30. The Hall–Kier alpha value is 0.180. The zero-order chi connectivity index (χ0) is 9.97. The normalized spacial score (nSPS) is 26.7. The predicted molar refractivity (Wildman–Crippen MR) is 67.9 cm³/mol. The van der Waals surface area contributed by atoms with Crippen LogP contribution in [0.15, 0.2) is 28.7 Å². The molecule has 0 aromatic heterocycles. The monoisotopic (exact) mass is 316 g/mol. The molecule has 14 heavy (non-hydrogen) atoms. The molecule has 1 aromatic rings. The van der Waals surface area contributed by atoms with Gasteiger partial charge in [-0.3, -0.25) is 0 Å². The Morgan fingerprint density at radius 1 is 1.29 bits per heavy atom. The Morgan fingerprint density at radius 3 is 2.79 bits per heavy atom. The van der Waals surface area contributed by atoms with Crippen molar-refractivity contribution in [3.8, 4) is 0 Å². The predicted octanol–water partition coefficient (Wildman–Crippen LogP) is 4.56. The number of hydrogen-bond donors (Lipinski definition) is 0. The van der Waals surface area contributed by atoms with Crippen molar-refractivity contribution in [1.82, 2.24) is 0 Å². The highest BCUT2D eigenvalue weighted by molar-refractivity contribution is 9.10. The summed E-state index contributed by atoms with van der Waals surface area (Å²) in [5.41, 5.74) is 1.46. The first-order chi connectivity index (χ1) is 6.74. The summed E-state index contributed by atoms with van der Waals surface area (Å²) >= 11 is 7.21. The van der Waals surface area contributed by atoms with Crippen LogP contribution in [-0.2, 0) is 6.42 Å². The summed E-state index contributed by atoms with van der Waals surface area (Å²) in [6.45, 7) is 0. The molecule has 0 saturated heterocycles. The van der Waals surface area contributed by atoms with Gasteiger partial charge in [0.15, 0.2) is 0 Å². The standard InChI is InChI=1S/C12H14Br2/c13-11-3-1-2-9(7-11)6-10-4-5-12(14)8-10/h1-3,7,10,12H,4-6,8H2. The molecule has 0 spiro atoms. The van der Waals surface area contributed by atoms with Gasteiger partial charge in [0.25, 0.3) is 0 Å². The van der Waals surface area contributed by atoms with Gasteiger partial charge in [-0.1, -0.05) is 44.0 Å². The lowest BCUT2D eigenvalue weighted by Gasteiger charge is -2.09. The molecule has 0 amide bonds. The van der Waals surface area contributed by atoms with Crippen LogP contribution >= 0.6 is 31.9 Å². The van der Waals surface area contributed by atoms with Crippen LogP contribution in [0.5, 0.6) is 0 Å². The second kappa shape index (κ2) is 4.80. The van der Waals surface area contributed by atoms with Crippen molar-refractivity contribution in [2.75, 3.05) is 0 Å². The molecule has 0 heterocycles. The molecule has 0 nitrogen and oxygen atoms in total. The molecule has 1 aliphatic carbocycles. The fourth-order valence-electron chi connectivity index (χ4n) is 2.20. The van der Waals surface area contributed by atoms with Crippen molar-refractivity contribution in [1.29, 1.82) is 0 Å². The Balaban J connectivity index is 1.97. The summed E-state index contributed by atoms with van der Waals surface area (Å²) in [7, 11) is 0. The van der Waals surface area contributed by atoms with Crippen molar-refractivity contribution in [3.63, 3.8) is 0 Å². The Kier molecular flexibility index (Phi) is 3.67. The summed E-state index contributed by atoms with van der Waals surface area (Å²) in [5, 5.41) is 0. The SMILES string of the molecule is Brc1cccc(CC2CCC(Br)C2)c1. The van der Waals surface area contributed by atoms with Crippen LogP contribution in [0.2, 0.25) is 0 Å². The van der Waals surface area contributed by atoms with Crippen LogP contribution < -0.4 is 0 Å². The Bertz CT molecular complexity index is 309. The highest BCUT2D eigenvalue weighted by Crippen LogP contribution is 2.33. The molecule has 0 aliphatic heterocycles. The van der Waals surface area contributed by atoms with Crippen molar-refractivity contribution in [2.24, 2.45) is 5.92 Å². The fourth-order valence-corrected chi connectivity index (χ4v) is 3.44. The highest BCUT2D eigenvalue weighted by atomic mass is 79.9. The molecule has 1 saturated carbocycles. The Labute approximate surface area is 102 Å². The molecular weight excluding hydrogens is 304 g/mol. The van der Waals surface area contributed by atoms with Gasteiger partial charge in [0, 0.05) is 9.30 Å². The van der Waals surface area contributed by atoms with E-state index in [4.69, 9.17) is 0 Å². The molecule has 2 atom stereocenters. The van der Waals surface area contributed by atoms with E-state index in [2.05, 4.69) is 56.1 Å². The maximum absolute atomic E-state index is 3.70. The van der Waals surface area contributed by atoms with Gasteiger partial charge in [0.1, 0.15) is 0 Å². The minimum atomic E-state index is 0.764. The summed E-state index contributed by atoms with van der Waals surface area (Å²) in [4.78, 5) is 0.764. The number of alkyl halides is 1. The smallest absolute Gasteiger partial charge is 0.0177 e. The van der Waals surface area contributed by atoms with Crippen LogP contribution in [0.25, 0.3) is 0 Å². The van der Waals surface area contributed by atoms with Crippen molar-refractivity contribution >= 4 is 31.9 Å². The van der Waals surface area contributed by atoms with E-state index in [9.17, 15) is 0 Å². The number of benzene rings is 1. The average Bonchev–Trinajstić information content (AvgIpc) is 2.51. The van der Waals surface area contributed by atoms with Crippen LogP contribution in [0.3, 0.4) is 0 Å². The fraction of sp³-hybridized carbons (Fsp3) is 0.500. The van der Waals surface area contributed by atoms with Crippen LogP contribution in [0, 0.1) is 5.92 Å². The average molecular weight is 318 g/mol. The van der Waals surface area contributed by atoms with E-state index >= 15 is 0 Å². The molecule has 1 aromatic carbocycles. The summed E-state index contributed by atoms with van der Waals surface area (Å²) in [5.74, 6) is 0.883. The lowest BCUT2D eigenvalue weighted by Crippen LogP contribution is -2.00. The topological polar surface area (TPSA) is 0 Å². The van der Waals surface area contributed by atoms with Gasteiger partial charge in [0.2, 0.25) is 0 Å². The zero-order valence-electron chi connectivity index (χ0n) is 8.05. The maximum Gasteiger partial charge on any atom is 0.0177 e. The van der Waals surface area contributed by atoms with Gasteiger partial charge in [-0.05, 0) is 49.3 Å². The van der Waals surface area contributed by atoms with E-state index in [1.807, 2.05) is 0 Å². The lowest BCUT2D eigenvalue weighted by molar-refractivity contribution is 0.548. The first-order valence-electron chi connectivity index (χ1n) is 5.12. The molecule has 0 radical (unpaired) electrons. The molecule has 76 valence electrons. The molecular formula is C12H14Br2. The second-order valence-corrected chi connectivity index (χ2v) is 6.32. The molecule has 1 aliphatic rings. The van der Waals surface area contributed by atoms with E-state index in [0.29, 0.717) is 0 Å². The van der Waals surface area contributed by atoms with Crippen LogP contribution in [-0.4, -0.2) is 4.83 Å². The first-order valence-corrected chi connectivity index (χ1v) is 6.83. The van der Waals surface area contributed by atoms with Gasteiger partial charge in [-0.15, -0.1) is 0 Å².